The Bertz CT molecular complexity index is 644. The molecule has 2 aromatic rings. The molecule has 106 valence electrons. The first kappa shape index (κ1) is 14.8. The molecule has 0 aliphatic heterocycles. The van der Waals surface area contributed by atoms with Crippen molar-refractivity contribution in [3.05, 3.63) is 46.4 Å². The third kappa shape index (κ3) is 3.49. The van der Waals surface area contributed by atoms with Crippen LogP contribution in [0.1, 0.15) is 0 Å². The van der Waals surface area contributed by atoms with Crippen LogP contribution in [0.15, 0.2) is 36.4 Å². The smallest absolute Gasteiger partial charge is 0.406 e. The number of halogens is 5. The van der Waals surface area contributed by atoms with Gasteiger partial charge in [0.15, 0.2) is 0 Å². The Labute approximate surface area is 122 Å². The first-order valence-corrected chi connectivity index (χ1v) is 6.12. The van der Waals surface area contributed by atoms with Gasteiger partial charge in [-0.05, 0) is 35.9 Å². The number of benzene rings is 2. The number of nitrogens with two attached hydrogens (primary N) is 1. The summed E-state index contributed by atoms with van der Waals surface area (Å²) in [6, 6.07) is 8.34. The van der Waals surface area contributed by atoms with Gasteiger partial charge in [-0.2, -0.15) is 0 Å². The highest BCUT2D eigenvalue weighted by Crippen LogP contribution is 2.35. The lowest BCUT2D eigenvalue weighted by molar-refractivity contribution is -0.274. The zero-order valence-corrected chi connectivity index (χ0v) is 11.4. The monoisotopic (exact) mass is 321 g/mol. The van der Waals surface area contributed by atoms with Crippen LogP contribution >= 0.6 is 23.2 Å². The molecule has 0 saturated heterocycles. The van der Waals surface area contributed by atoms with E-state index in [4.69, 9.17) is 28.9 Å². The first-order valence-electron chi connectivity index (χ1n) is 5.37. The van der Waals surface area contributed by atoms with Crippen molar-refractivity contribution in [2.75, 3.05) is 5.73 Å². The van der Waals surface area contributed by atoms with Crippen LogP contribution in [0.4, 0.5) is 18.9 Å². The Morgan fingerprint density at radius 1 is 0.950 bits per heavy atom. The summed E-state index contributed by atoms with van der Waals surface area (Å²) in [6.45, 7) is 0. The van der Waals surface area contributed by atoms with Crippen molar-refractivity contribution >= 4 is 28.9 Å². The first-order chi connectivity index (χ1) is 9.26. The number of hydrogen-bond donors (Lipinski definition) is 1. The van der Waals surface area contributed by atoms with E-state index >= 15 is 0 Å². The molecule has 2 N–H and O–H groups in total. The minimum Gasteiger partial charge on any atom is -0.406 e. The Morgan fingerprint density at radius 2 is 1.65 bits per heavy atom. The van der Waals surface area contributed by atoms with Crippen LogP contribution in [0, 0.1) is 0 Å². The van der Waals surface area contributed by atoms with E-state index in [1.54, 1.807) is 6.07 Å². The summed E-state index contributed by atoms with van der Waals surface area (Å²) in [4.78, 5) is 0. The molecular weight excluding hydrogens is 314 g/mol. The third-order valence-corrected chi connectivity index (χ3v) is 3.23. The summed E-state index contributed by atoms with van der Waals surface area (Å²) >= 11 is 11.7. The van der Waals surface area contributed by atoms with Gasteiger partial charge in [0.2, 0.25) is 0 Å². The molecule has 0 aliphatic rings. The predicted molar refractivity (Wildman–Crippen MR) is 73.0 cm³/mol. The van der Waals surface area contributed by atoms with Crippen molar-refractivity contribution in [2.45, 2.75) is 6.36 Å². The van der Waals surface area contributed by atoms with E-state index in [0.717, 1.165) is 6.07 Å². The van der Waals surface area contributed by atoms with Crippen LogP contribution in [0.5, 0.6) is 5.75 Å². The van der Waals surface area contributed by atoms with E-state index in [9.17, 15) is 13.2 Å². The molecule has 0 radical (unpaired) electrons. The van der Waals surface area contributed by atoms with Gasteiger partial charge in [-0.25, -0.2) is 0 Å². The Hall–Kier alpha value is -1.59. The van der Waals surface area contributed by atoms with Crippen molar-refractivity contribution in [3.8, 4) is 16.9 Å². The van der Waals surface area contributed by atoms with E-state index in [0.29, 0.717) is 21.8 Å². The van der Waals surface area contributed by atoms with Crippen molar-refractivity contribution in [2.24, 2.45) is 0 Å². The van der Waals surface area contributed by atoms with E-state index < -0.39 is 6.36 Å². The van der Waals surface area contributed by atoms with Crippen LogP contribution in [0.3, 0.4) is 0 Å². The summed E-state index contributed by atoms with van der Waals surface area (Å²) < 4.78 is 40.5. The second kappa shape index (κ2) is 5.42. The lowest BCUT2D eigenvalue weighted by Crippen LogP contribution is -2.17. The molecule has 0 aliphatic carbocycles. The average Bonchev–Trinajstić information content (AvgIpc) is 2.33. The van der Waals surface area contributed by atoms with Crippen molar-refractivity contribution in [1.82, 2.24) is 0 Å². The highest BCUT2D eigenvalue weighted by atomic mass is 35.5. The largest absolute Gasteiger partial charge is 0.573 e. The molecule has 2 aromatic carbocycles. The van der Waals surface area contributed by atoms with Gasteiger partial charge in [0, 0.05) is 11.3 Å². The fourth-order valence-corrected chi connectivity index (χ4v) is 1.94. The summed E-state index contributed by atoms with van der Waals surface area (Å²) in [7, 11) is 0. The maximum absolute atomic E-state index is 12.2. The Morgan fingerprint density at radius 3 is 2.25 bits per heavy atom. The molecule has 20 heavy (non-hydrogen) atoms. The molecule has 0 spiro atoms. The van der Waals surface area contributed by atoms with Gasteiger partial charge < -0.3 is 10.5 Å². The third-order valence-electron chi connectivity index (χ3n) is 2.49. The van der Waals surface area contributed by atoms with Crippen LogP contribution in [-0.2, 0) is 0 Å². The van der Waals surface area contributed by atoms with E-state index in [2.05, 4.69) is 4.74 Å². The van der Waals surface area contributed by atoms with Gasteiger partial charge in [-0.1, -0.05) is 29.3 Å². The fraction of sp³-hybridized carbons (Fsp3) is 0.0769. The summed E-state index contributed by atoms with van der Waals surface area (Å²) in [5.74, 6) is -0.354. The van der Waals surface area contributed by atoms with Gasteiger partial charge in [0.05, 0.1) is 10.0 Å². The molecule has 2 rings (SSSR count). The maximum atomic E-state index is 12.2. The van der Waals surface area contributed by atoms with Crippen LogP contribution in [0.25, 0.3) is 11.1 Å². The molecule has 0 unspecified atom stereocenters. The lowest BCUT2D eigenvalue weighted by atomic mass is 10.0. The minimum absolute atomic E-state index is 0.283. The normalized spacial score (nSPS) is 11.4. The minimum atomic E-state index is -4.76. The molecule has 7 heteroatoms. The van der Waals surface area contributed by atoms with Crippen LogP contribution < -0.4 is 10.5 Å². The lowest BCUT2D eigenvalue weighted by Gasteiger charge is -2.12. The van der Waals surface area contributed by atoms with Gasteiger partial charge in [0.25, 0.3) is 0 Å². The predicted octanol–water partition coefficient (Wildman–Crippen LogP) is 5.14. The van der Waals surface area contributed by atoms with Crippen molar-refractivity contribution in [3.63, 3.8) is 0 Å². The average molecular weight is 322 g/mol. The van der Waals surface area contributed by atoms with Gasteiger partial charge in [0.1, 0.15) is 5.75 Å². The van der Waals surface area contributed by atoms with E-state index in [1.807, 2.05) is 0 Å². The molecule has 0 aromatic heterocycles. The molecule has 0 fully saturated rings. The summed E-state index contributed by atoms with van der Waals surface area (Å²) in [6.07, 6.45) is -4.76. The second-order valence-corrected chi connectivity index (χ2v) is 4.74. The number of ether oxygens (including phenoxy) is 1. The highest BCUT2D eigenvalue weighted by molar-refractivity contribution is 6.42. The standard InChI is InChI=1S/C13H8Cl2F3NO/c14-10-3-1-7(5-11(10)15)9-6-8(2-4-12(9)19)20-13(16,17)18/h1-6H,19H2. The number of hydrogen-bond acceptors (Lipinski definition) is 2. The zero-order valence-electron chi connectivity index (χ0n) is 9.84. The molecule has 0 atom stereocenters. The molecule has 0 bridgehead atoms. The molecule has 0 saturated carbocycles. The molecular formula is C13H8Cl2F3NO. The molecule has 0 amide bonds. The van der Waals surface area contributed by atoms with E-state index in [-0.39, 0.29) is 10.8 Å². The van der Waals surface area contributed by atoms with Crippen molar-refractivity contribution < 1.29 is 17.9 Å². The van der Waals surface area contributed by atoms with Gasteiger partial charge in [-0.15, -0.1) is 13.2 Å². The highest BCUT2D eigenvalue weighted by Gasteiger charge is 2.31. The number of alkyl halides is 3. The summed E-state index contributed by atoms with van der Waals surface area (Å²) in [5.41, 5.74) is 6.99. The zero-order chi connectivity index (χ0) is 14.9. The Kier molecular flexibility index (Phi) is 4.01. The van der Waals surface area contributed by atoms with E-state index in [1.165, 1.54) is 24.3 Å². The Balaban J connectivity index is 2.45. The number of anilines is 1. The molecule has 0 heterocycles. The fourth-order valence-electron chi connectivity index (χ4n) is 1.65. The quantitative estimate of drug-likeness (QED) is 0.777. The van der Waals surface area contributed by atoms with Crippen LogP contribution in [-0.4, -0.2) is 6.36 Å². The van der Waals surface area contributed by atoms with Crippen LogP contribution in [0.2, 0.25) is 10.0 Å². The molecule has 2 nitrogen and oxygen atoms in total. The SMILES string of the molecule is Nc1ccc(OC(F)(F)F)cc1-c1ccc(Cl)c(Cl)c1. The van der Waals surface area contributed by atoms with Gasteiger partial charge in [-0.3, -0.25) is 0 Å². The van der Waals surface area contributed by atoms with Gasteiger partial charge >= 0.3 is 6.36 Å². The second-order valence-electron chi connectivity index (χ2n) is 3.93. The number of nitrogen functional groups attached to an aromatic ring is 1. The van der Waals surface area contributed by atoms with Crippen molar-refractivity contribution in [1.29, 1.82) is 0 Å². The number of rotatable bonds is 2. The summed E-state index contributed by atoms with van der Waals surface area (Å²) in [5, 5.41) is 0.627. The topological polar surface area (TPSA) is 35.2 Å². The maximum Gasteiger partial charge on any atom is 0.573 e.